The van der Waals surface area contributed by atoms with Crippen LogP contribution in [0.25, 0.3) is 21.1 Å². The molecule has 1 aliphatic heterocycles. The molecule has 0 saturated carbocycles. The van der Waals surface area contributed by atoms with E-state index >= 15 is 0 Å². The minimum atomic E-state index is -0.127. The minimum Gasteiger partial charge on any atom is -0.339 e. The third kappa shape index (κ3) is 3.71. The average molecular weight is 420 g/mol. The zero-order chi connectivity index (χ0) is 20.5. The van der Waals surface area contributed by atoms with Gasteiger partial charge in [0, 0.05) is 31.6 Å². The molecule has 7 nitrogen and oxygen atoms in total. The van der Waals surface area contributed by atoms with Gasteiger partial charge in [-0.15, -0.1) is 11.3 Å². The summed E-state index contributed by atoms with van der Waals surface area (Å²) in [5.41, 5.74) is 1.61. The Hall–Kier alpha value is -3.10. The van der Waals surface area contributed by atoms with E-state index in [1.165, 1.54) is 10.9 Å². The van der Waals surface area contributed by atoms with Gasteiger partial charge in [-0.3, -0.25) is 19.2 Å². The molecule has 0 atom stereocenters. The molecule has 152 valence electrons. The van der Waals surface area contributed by atoms with Crippen molar-refractivity contribution < 1.29 is 4.79 Å². The molecule has 1 fully saturated rings. The normalized spacial score (nSPS) is 15.1. The van der Waals surface area contributed by atoms with E-state index in [-0.39, 0.29) is 17.9 Å². The Bertz CT molecular complexity index is 1240. The van der Waals surface area contributed by atoms with E-state index in [1.807, 2.05) is 41.3 Å². The number of nitrogens with zero attached hydrogens (tertiary/aromatic N) is 5. The highest BCUT2D eigenvalue weighted by Gasteiger charge is 2.22. The van der Waals surface area contributed by atoms with Gasteiger partial charge in [0.1, 0.15) is 11.6 Å². The van der Waals surface area contributed by atoms with Crippen LogP contribution in [0.3, 0.4) is 0 Å². The fourth-order valence-corrected chi connectivity index (χ4v) is 4.86. The molecule has 2 aromatic heterocycles. The Morgan fingerprint density at radius 2 is 1.77 bits per heavy atom. The molecule has 0 bridgehead atoms. The topological polar surface area (TPSA) is 71.3 Å². The summed E-state index contributed by atoms with van der Waals surface area (Å²) in [5.74, 6) is 0.0240. The summed E-state index contributed by atoms with van der Waals surface area (Å²) >= 11 is 1.73. The Kier molecular flexibility index (Phi) is 5.02. The molecule has 0 radical (unpaired) electrons. The van der Waals surface area contributed by atoms with Crippen molar-refractivity contribution in [3.05, 3.63) is 70.0 Å². The van der Waals surface area contributed by atoms with Gasteiger partial charge in [0.05, 0.1) is 28.5 Å². The van der Waals surface area contributed by atoms with E-state index < -0.39 is 0 Å². The lowest BCUT2D eigenvalue weighted by atomic mass is 10.2. The Balaban J connectivity index is 1.22. The summed E-state index contributed by atoms with van der Waals surface area (Å²) in [6, 6.07) is 15.5. The number of piperazine rings is 1. The van der Waals surface area contributed by atoms with Crippen molar-refractivity contribution in [2.45, 2.75) is 13.1 Å². The Morgan fingerprint density at radius 3 is 2.60 bits per heavy atom. The molecular formula is C22H21N5O2S. The Morgan fingerprint density at radius 1 is 1.00 bits per heavy atom. The second-order valence-electron chi connectivity index (χ2n) is 7.42. The molecule has 3 heterocycles. The molecule has 8 heteroatoms. The van der Waals surface area contributed by atoms with Crippen LogP contribution in [-0.4, -0.2) is 56.7 Å². The van der Waals surface area contributed by atoms with Crippen molar-refractivity contribution in [1.29, 1.82) is 0 Å². The number of fused-ring (bicyclic) bond motifs is 2. The van der Waals surface area contributed by atoms with Crippen molar-refractivity contribution in [2.24, 2.45) is 0 Å². The fourth-order valence-electron chi connectivity index (χ4n) is 3.85. The highest BCUT2D eigenvalue weighted by molar-refractivity contribution is 7.18. The summed E-state index contributed by atoms with van der Waals surface area (Å²) in [6.07, 6.45) is 1.28. The molecule has 2 aromatic carbocycles. The number of benzene rings is 2. The van der Waals surface area contributed by atoms with Gasteiger partial charge in [0.15, 0.2) is 0 Å². The van der Waals surface area contributed by atoms with Gasteiger partial charge >= 0.3 is 0 Å². The van der Waals surface area contributed by atoms with Crippen molar-refractivity contribution >= 4 is 38.4 Å². The van der Waals surface area contributed by atoms with E-state index in [1.54, 1.807) is 22.1 Å². The highest BCUT2D eigenvalue weighted by atomic mass is 32.1. The number of carbonyl (C=O) groups excluding carboxylic acids is 1. The van der Waals surface area contributed by atoms with Crippen LogP contribution in [0.1, 0.15) is 5.01 Å². The lowest BCUT2D eigenvalue weighted by molar-refractivity contribution is -0.133. The maximum absolute atomic E-state index is 12.8. The predicted octanol–water partition coefficient (Wildman–Crippen LogP) is 2.35. The van der Waals surface area contributed by atoms with Crippen LogP contribution in [-0.2, 0) is 17.9 Å². The van der Waals surface area contributed by atoms with Gasteiger partial charge in [-0.25, -0.2) is 4.98 Å². The highest BCUT2D eigenvalue weighted by Crippen LogP contribution is 2.23. The van der Waals surface area contributed by atoms with Gasteiger partial charge in [0.2, 0.25) is 11.3 Å². The number of thiazole rings is 1. The first-order valence-corrected chi connectivity index (χ1v) is 10.8. The lowest BCUT2D eigenvalue weighted by Crippen LogP contribution is -2.49. The Labute approximate surface area is 177 Å². The van der Waals surface area contributed by atoms with E-state index in [9.17, 15) is 9.59 Å². The summed E-state index contributed by atoms with van der Waals surface area (Å²) in [6.45, 7) is 3.95. The molecule has 5 rings (SSSR count). The molecule has 4 aromatic rings. The van der Waals surface area contributed by atoms with Crippen molar-refractivity contribution in [3.63, 3.8) is 0 Å². The number of carbonyl (C=O) groups is 1. The van der Waals surface area contributed by atoms with E-state index in [4.69, 9.17) is 4.98 Å². The van der Waals surface area contributed by atoms with Crippen LogP contribution in [0.15, 0.2) is 59.5 Å². The zero-order valence-electron chi connectivity index (χ0n) is 16.4. The van der Waals surface area contributed by atoms with Crippen LogP contribution in [0.5, 0.6) is 0 Å². The number of hydrogen-bond donors (Lipinski definition) is 0. The third-order valence-corrected chi connectivity index (χ3v) is 6.49. The second kappa shape index (κ2) is 7.97. The summed E-state index contributed by atoms with van der Waals surface area (Å²) in [7, 11) is 0. The molecule has 0 spiro atoms. The van der Waals surface area contributed by atoms with Gasteiger partial charge in [-0.2, -0.15) is 5.10 Å². The molecule has 0 N–H and O–H groups in total. The third-order valence-electron chi connectivity index (χ3n) is 5.47. The van der Waals surface area contributed by atoms with Gasteiger partial charge in [0.25, 0.3) is 0 Å². The van der Waals surface area contributed by atoms with E-state index in [0.717, 1.165) is 30.2 Å². The molecule has 1 saturated heterocycles. The smallest absolute Gasteiger partial charge is 0.244 e. The van der Waals surface area contributed by atoms with Gasteiger partial charge < -0.3 is 4.90 Å². The van der Waals surface area contributed by atoms with Crippen LogP contribution in [0.4, 0.5) is 0 Å². The number of rotatable bonds is 4. The minimum absolute atomic E-state index is 0.0240. The summed E-state index contributed by atoms with van der Waals surface area (Å²) in [5, 5.41) is 5.87. The molecule has 1 aliphatic rings. The lowest BCUT2D eigenvalue weighted by Gasteiger charge is -2.34. The monoisotopic (exact) mass is 419 g/mol. The predicted molar refractivity (Wildman–Crippen MR) is 117 cm³/mol. The number of amides is 1. The SMILES string of the molecule is O=C(Cn1ncc(=O)c2ccccc21)N1CCN(Cc2nc3ccccc3s2)CC1. The van der Waals surface area contributed by atoms with Gasteiger partial charge in [-0.05, 0) is 24.3 Å². The first-order chi connectivity index (χ1) is 14.7. The maximum atomic E-state index is 12.8. The molecular weight excluding hydrogens is 398 g/mol. The van der Waals surface area contributed by atoms with Crippen LogP contribution in [0.2, 0.25) is 0 Å². The zero-order valence-corrected chi connectivity index (χ0v) is 17.2. The van der Waals surface area contributed by atoms with Crippen LogP contribution in [0, 0.1) is 0 Å². The molecule has 30 heavy (non-hydrogen) atoms. The van der Waals surface area contributed by atoms with Crippen LogP contribution < -0.4 is 5.43 Å². The molecule has 0 aliphatic carbocycles. The average Bonchev–Trinajstić information content (AvgIpc) is 3.18. The van der Waals surface area contributed by atoms with Crippen molar-refractivity contribution in [2.75, 3.05) is 26.2 Å². The number of hydrogen-bond acceptors (Lipinski definition) is 6. The molecule has 1 amide bonds. The van der Waals surface area contributed by atoms with E-state index in [2.05, 4.69) is 16.1 Å². The molecule has 0 unspecified atom stereocenters. The number of para-hydroxylation sites is 2. The maximum Gasteiger partial charge on any atom is 0.244 e. The number of aromatic nitrogens is 3. The van der Waals surface area contributed by atoms with Gasteiger partial charge in [-0.1, -0.05) is 24.3 Å². The quantitative estimate of drug-likeness (QED) is 0.508. The fraction of sp³-hybridized carbons (Fsp3) is 0.273. The first-order valence-electron chi connectivity index (χ1n) is 9.97. The standard InChI is InChI=1S/C22H21N5O2S/c28-19-13-23-27(18-7-3-1-5-16(18)19)15-22(29)26-11-9-25(10-12-26)14-21-24-17-6-2-4-8-20(17)30-21/h1-8,13H,9-12,14-15H2. The first kappa shape index (κ1) is 18.9. The largest absolute Gasteiger partial charge is 0.339 e. The van der Waals surface area contributed by atoms with E-state index in [0.29, 0.717) is 24.0 Å². The van der Waals surface area contributed by atoms with Crippen molar-refractivity contribution in [1.82, 2.24) is 24.6 Å². The summed E-state index contributed by atoms with van der Waals surface area (Å²) in [4.78, 5) is 33.7. The summed E-state index contributed by atoms with van der Waals surface area (Å²) < 4.78 is 2.83. The second-order valence-corrected chi connectivity index (χ2v) is 8.53. The van der Waals surface area contributed by atoms with Crippen LogP contribution >= 0.6 is 11.3 Å². The van der Waals surface area contributed by atoms with Crippen molar-refractivity contribution in [3.8, 4) is 0 Å².